The summed E-state index contributed by atoms with van der Waals surface area (Å²) < 4.78 is 7.48. The molecule has 0 N–H and O–H groups in total. The van der Waals surface area contributed by atoms with Gasteiger partial charge in [0.05, 0.1) is 0 Å². The van der Waals surface area contributed by atoms with E-state index >= 15 is 0 Å². The van der Waals surface area contributed by atoms with Crippen LogP contribution in [0.3, 0.4) is 0 Å². The molecule has 2 aromatic carbocycles. The third-order valence-corrected chi connectivity index (χ3v) is 5.61. The summed E-state index contributed by atoms with van der Waals surface area (Å²) in [5.41, 5.74) is 3.95. The van der Waals surface area contributed by atoms with Crippen LogP contribution in [0.25, 0.3) is 0 Å². The first-order valence-corrected chi connectivity index (χ1v) is 10.8. The second-order valence-electron chi connectivity index (χ2n) is 8.04. The number of amides is 1. The largest absolute Gasteiger partial charge is 0.471 e. The molecule has 162 valence electrons. The highest BCUT2D eigenvalue weighted by Crippen LogP contribution is 2.17. The lowest BCUT2D eigenvalue weighted by Crippen LogP contribution is -2.48. The summed E-state index contributed by atoms with van der Waals surface area (Å²) in [5.74, 6) is 0.768. The molecule has 0 saturated carbocycles. The van der Waals surface area contributed by atoms with Crippen molar-refractivity contribution in [2.75, 3.05) is 26.2 Å². The fraction of sp³-hybridized carbons (Fsp3) is 0.333. The predicted octanol–water partition coefficient (Wildman–Crippen LogP) is 4.15. The molecule has 2 heterocycles. The van der Waals surface area contributed by atoms with Gasteiger partial charge in [0.1, 0.15) is 5.75 Å². The molecule has 0 aliphatic carbocycles. The van der Waals surface area contributed by atoms with Crippen LogP contribution in [0, 0.1) is 13.8 Å². The number of benzene rings is 2. The van der Waals surface area contributed by atoms with E-state index in [1.54, 1.807) is 16.9 Å². The lowest BCUT2D eigenvalue weighted by atomic mass is 10.1. The van der Waals surface area contributed by atoms with E-state index in [2.05, 4.69) is 22.1 Å². The molecule has 0 spiro atoms. The molecule has 0 atom stereocenters. The maximum absolute atomic E-state index is 12.9. The predicted molar refractivity (Wildman–Crippen MR) is 121 cm³/mol. The Labute approximate surface area is 188 Å². The van der Waals surface area contributed by atoms with E-state index in [0.29, 0.717) is 18.8 Å². The average molecular weight is 439 g/mol. The number of hydrogen-bond donors (Lipinski definition) is 0. The Morgan fingerprint density at radius 3 is 2.48 bits per heavy atom. The van der Waals surface area contributed by atoms with E-state index in [1.165, 1.54) is 5.56 Å². The van der Waals surface area contributed by atoms with Crippen LogP contribution in [-0.2, 0) is 13.3 Å². The molecule has 1 aromatic heterocycles. The molecule has 4 rings (SSSR count). The summed E-state index contributed by atoms with van der Waals surface area (Å²) in [5, 5.41) is 5.17. The minimum Gasteiger partial charge on any atom is -0.471 e. The third-order valence-electron chi connectivity index (χ3n) is 5.37. The zero-order chi connectivity index (χ0) is 21.8. The number of piperazine rings is 1. The molecule has 0 radical (unpaired) electrons. The van der Waals surface area contributed by atoms with Crippen molar-refractivity contribution in [1.29, 1.82) is 0 Å². The highest BCUT2D eigenvalue weighted by atomic mass is 35.5. The first-order chi connectivity index (χ1) is 15.0. The van der Waals surface area contributed by atoms with Gasteiger partial charge >= 0.3 is 0 Å². The van der Waals surface area contributed by atoms with Crippen LogP contribution in [0.1, 0.15) is 27.2 Å². The van der Waals surface area contributed by atoms with Crippen LogP contribution in [0.2, 0.25) is 5.02 Å². The van der Waals surface area contributed by atoms with E-state index in [9.17, 15) is 4.79 Å². The smallest absolute Gasteiger partial charge is 0.274 e. The molecule has 1 aliphatic rings. The normalized spacial score (nSPS) is 14.6. The summed E-state index contributed by atoms with van der Waals surface area (Å²) in [6, 6.07) is 15.8. The van der Waals surface area contributed by atoms with Gasteiger partial charge in [-0.3, -0.25) is 9.69 Å². The van der Waals surface area contributed by atoms with Gasteiger partial charge < -0.3 is 9.64 Å². The number of aryl methyl sites for hydroxylation is 2. The zero-order valence-corrected chi connectivity index (χ0v) is 18.7. The van der Waals surface area contributed by atoms with Gasteiger partial charge in [-0.25, -0.2) is 4.68 Å². The number of rotatable bonds is 6. The SMILES string of the molecule is Cc1cc(C)cc(OCn2ccc(C(=O)N3CCN(Cc4cccc(Cl)c4)CC3)n2)c1. The van der Waals surface area contributed by atoms with Crippen molar-refractivity contribution in [2.24, 2.45) is 0 Å². The number of carbonyl (C=O) groups is 1. The third kappa shape index (κ3) is 5.66. The minimum atomic E-state index is -0.0347. The Morgan fingerprint density at radius 1 is 1.03 bits per heavy atom. The Hall–Kier alpha value is -2.83. The first kappa shape index (κ1) is 21.4. The summed E-state index contributed by atoms with van der Waals surface area (Å²) >= 11 is 6.08. The van der Waals surface area contributed by atoms with Gasteiger partial charge in [0.15, 0.2) is 12.4 Å². The molecule has 0 unspecified atom stereocenters. The van der Waals surface area contributed by atoms with E-state index < -0.39 is 0 Å². The molecule has 7 heteroatoms. The highest BCUT2D eigenvalue weighted by molar-refractivity contribution is 6.30. The quantitative estimate of drug-likeness (QED) is 0.580. The van der Waals surface area contributed by atoms with Crippen molar-refractivity contribution in [3.8, 4) is 5.75 Å². The van der Waals surface area contributed by atoms with Crippen LogP contribution >= 0.6 is 11.6 Å². The Kier molecular flexibility index (Phi) is 6.59. The maximum atomic E-state index is 12.9. The van der Waals surface area contributed by atoms with E-state index in [1.807, 2.05) is 49.1 Å². The van der Waals surface area contributed by atoms with Gasteiger partial charge in [0, 0.05) is 43.9 Å². The molecule has 6 nitrogen and oxygen atoms in total. The molecule has 3 aromatic rings. The monoisotopic (exact) mass is 438 g/mol. The standard InChI is InChI=1S/C24H27ClN4O2/c1-18-12-19(2)14-22(13-18)31-17-29-7-6-23(26-29)24(30)28-10-8-27(9-11-28)16-20-4-3-5-21(25)15-20/h3-7,12-15H,8-11,16-17H2,1-2H3. The highest BCUT2D eigenvalue weighted by Gasteiger charge is 2.23. The lowest BCUT2D eigenvalue weighted by molar-refractivity contribution is 0.0621. The fourth-order valence-corrected chi connectivity index (χ4v) is 4.08. The number of carbonyl (C=O) groups excluding carboxylic acids is 1. The van der Waals surface area contributed by atoms with Crippen LogP contribution in [0.5, 0.6) is 5.75 Å². The van der Waals surface area contributed by atoms with E-state index in [-0.39, 0.29) is 12.6 Å². The van der Waals surface area contributed by atoms with E-state index in [4.69, 9.17) is 16.3 Å². The van der Waals surface area contributed by atoms with Crippen LogP contribution < -0.4 is 4.74 Å². The summed E-state index contributed by atoms with van der Waals surface area (Å²) in [7, 11) is 0. The summed E-state index contributed by atoms with van der Waals surface area (Å²) in [6.45, 7) is 8.22. The second-order valence-corrected chi connectivity index (χ2v) is 8.47. The van der Waals surface area contributed by atoms with E-state index in [0.717, 1.165) is 41.5 Å². The fourth-order valence-electron chi connectivity index (χ4n) is 3.87. The van der Waals surface area contributed by atoms with Gasteiger partial charge in [0.2, 0.25) is 0 Å². The van der Waals surface area contributed by atoms with Crippen molar-refractivity contribution in [2.45, 2.75) is 27.1 Å². The molecule has 1 fully saturated rings. The zero-order valence-electron chi connectivity index (χ0n) is 17.9. The van der Waals surface area contributed by atoms with Gasteiger partial charge in [-0.15, -0.1) is 0 Å². The summed E-state index contributed by atoms with van der Waals surface area (Å²) in [4.78, 5) is 17.1. The molecule has 1 aliphatic heterocycles. The minimum absolute atomic E-state index is 0.0347. The molecule has 31 heavy (non-hydrogen) atoms. The molecule has 1 saturated heterocycles. The molecular weight excluding hydrogens is 412 g/mol. The van der Waals surface area contributed by atoms with Crippen LogP contribution in [0.15, 0.2) is 54.7 Å². The number of nitrogens with zero attached hydrogens (tertiary/aromatic N) is 4. The van der Waals surface area contributed by atoms with Gasteiger partial charge in [-0.1, -0.05) is 29.8 Å². The van der Waals surface area contributed by atoms with Crippen LogP contribution in [0.4, 0.5) is 0 Å². The van der Waals surface area contributed by atoms with Crippen molar-refractivity contribution in [3.63, 3.8) is 0 Å². The van der Waals surface area contributed by atoms with Gasteiger partial charge in [-0.05, 0) is 60.9 Å². The molecular formula is C24H27ClN4O2. The Balaban J connectivity index is 1.29. The van der Waals surface area contributed by atoms with Crippen molar-refractivity contribution in [1.82, 2.24) is 19.6 Å². The number of ether oxygens (including phenoxy) is 1. The topological polar surface area (TPSA) is 50.6 Å². The molecule has 0 bridgehead atoms. The average Bonchev–Trinajstić information content (AvgIpc) is 3.21. The van der Waals surface area contributed by atoms with Crippen molar-refractivity contribution in [3.05, 3.63) is 82.1 Å². The first-order valence-electron chi connectivity index (χ1n) is 10.5. The number of aromatic nitrogens is 2. The van der Waals surface area contributed by atoms with Gasteiger partial charge in [-0.2, -0.15) is 5.10 Å². The number of hydrogen-bond acceptors (Lipinski definition) is 4. The Bertz CT molecular complexity index is 1040. The van der Waals surface area contributed by atoms with Gasteiger partial charge in [0.25, 0.3) is 5.91 Å². The summed E-state index contributed by atoms with van der Waals surface area (Å²) in [6.07, 6.45) is 1.78. The van der Waals surface area contributed by atoms with Crippen molar-refractivity contribution >= 4 is 17.5 Å². The van der Waals surface area contributed by atoms with Crippen LogP contribution in [-0.4, -0.2) is 51.7 Å². The Morgan fingerprint density at radius 2 is 1.77 bits per heavy atom. The molecule has 1 amide bonds. The second kappa shape index (κ2) is 9.54. The maximum Gasteiger partial charge on any atom is 0.274 e. The number of halogens is 1. The van der Waals surface area contributed by atoms with Crippen molar-refractivity contribution < 1.29 is 9.53 Å². The lowest BCUT2D eigenvalue weighted by Gasteiger charge is -2.34.